The number of alkyl halides is 3. The molecule has 0 spiro atoms. The van der Waals surface area contributed by atoms with E-state index in [0.29, 0.717) is 18.9 Å². The molecule has 1 aromatic rings. The average molecular weight is 259 g/mol. The molecule has 0 heterocycles. The molecule has 1 nitrogen and oxygen atoms in total. The zero-order chi connectivity index (χ0) is 13.8. The van der Waals surface area contributed by atoms with E-state index in [1.165, 1.54) is 5.56 Å². The minimum absolute atomic E-state index is 0.349. The molecular weight excluding hydrogens is 239 g/mol. The number of hydrogen-bond acceptors (Lipinski definition) is 1. The molecule has 0 radical (unpaired) electrons. The lowest BCUT2D eigenvalue weighted by Crippen LogP contribution is -2.30. The summed E-state index contributed by atoms with van der Waals surface area (Å²) < 4.78 is 35.9. The molecule has 0 fully saturated rings. The van der Waals surface area contributed by atoms with Gasteiger partial charge in [-0.3, -0.25) is 0 Å². The summed E-state index contributed by atoms with van der Waals surface area (Å²) in [5, 5.41) is 2.42. The van der Waals surface area contributed by atoms with Gasteiger partial charge in [-0.1, -0.05) is 32.0 Å². The van der Waals surface area contributed by atoms with E-state index in [-0.39, 0.29) is 0 Å². The number of rotatable bonds is 5. The fraction of sp³-hybridized carbons (Fsp3) is 0.571. The van der Waals surface area contributed by atoms with E-state index >= 15 is 0 Å². The highest BCUT2D eigenvalue weighted by Gasteiger charge is 2.25. The fourth-order valence-corrected chi connectivity index (χ4v) is 1.77. The van der Waals surface area contributed by atoms with Gasteiger partial charge in [0.2, 0.25) is 0 Å². The van der Waals surface area contributed by atoms with E-state index < -0.39 is 12.7 Å². The van der Waals surface area contributed by atoms with Gasteiger partial charge in [0.05, 0.1) is 6.54 Å². The molecule has 0 aromatic heterocycles. The predicted molar refractivity (Wildman–Crippen MR) is 67.9 cm³/mol. The van der Waals surface area contributed by atoms with Crippen LogP contribution in [-0.2, 0) is 6.42 Å². The van der Waals surface area contributed by atoms with E-state index in [0.717, 1.165) is 11.1 Å². The van der Waals surface area contributed by atoms with Crippen molar-refractivity contribution >= 4 is 0 Å². The molecule has 1 rings (SSSR count). The Morgan fingerprint density at radius 2 is 1.89 bits per heavy atom. The first kappa shape index (κ1) is 15.0. The van der Waals surface area contributed by atoms with Gasteiger partial charge in [-0.2, -0.15) is 13.2 Å². The monoisotopic (exact) mass is 259 g/mol. The molecule has 18 heavy (non-hydrogen) atoms. The van der Waals surface area contributed by atoms with E-state index in [1.54, 1.807) is 0 Å². The highest BCUT2D eigenvalue weighted by molar-refractivity contribution is 5.32. The zero-order valence-electron chi connectivity index (χ0n) is 11.1. The molecule has 0 amide bonds. The lowest BCUT2D eigenvalue weighted by Gasteiger charge is -2.12. The largest absolute Gasteiger partial charge is 0.401 e. The van der Waals surface area contributed by atoms with Crippen molar-refractivity contribution < 1.29 is 13.2 Å². The first-order valence-electron chi connectivity index (χ1n) is 6.16. The summed E-state index contributed by atoms with van der Waals surface area (Å²) in [5.74, 6) is 0.437. The zero-order valence-corrected chi connectivity index (χ0v) is 11.1. The fourth-order valence-electron chi connectivity index (χ4n) is 1.77. The number of aryl methyl sites for hydroxylation is 1. The number of nitrogens with one attached hydrogen (secondary N) is 1. The van der Waals surface area contributed by atoms with E-state index in [1.807, 2.05) is 13.0 Å². The third-order valence-corrected chi connectivity index (χ3v) is 2.94. The lowest BCUT2D eigenvalue weighted by atomic mass is 9.96. The number of halogens is 3. The summed E-state index contributed by atoms with van der Waals surface area (Å²) in [6, 6.07) is 6.20. The van der Waals surface area contributed by atoms with Crippen LogP contribution in [0.15, 0.2) is 18.2 Å². The first-order valence-corrected chi connectivity index (χ1v) is 6.16. The molecule has 0 atom stereocenters. The molecule has 0 aliphatic rings. The van der Waals surface area contributed by atoms with Crippen molar-refractivity contribution in [1.82, 2.24) is 5.32 Å². The molecule has 0 unspecified atom stereocenters. The van der Waals surface area contributed by atoms with Gasteiger partial charge in [0.1, 0.15) is 0 Å². The van der Waals surface area contributed by atoms with Gasteiger partial charge in [-0.15, -0.1) is 0 Å². The molecule has 1 aromatic carbocycles. The summed E-state index contributed by atoms with van der Waals surface area (Å²) in [6.45, 7) is 5.63. The quantitative estimate of drug-likeness (QED) is 0.793. The second-order valence-corrected chi connectivity index (χ2v) is 4.88. The Kier molecular flexibility index (Phi) is 5.20. The minimum atomic E-state index is -4.13. The van der Waals surface area contributed by atoms with E-state index in [4.69, 9.17) is 0 Å². The Morgan fingerprint density at radius 3 is 2.44 bits per heavy atom. The average Bonchev–Trinajstić information content (AvgIpc) is 2.24. The van der Waals surface area contributed by atoms with Gasteiger partial charge in [0.15, 0.2) is 0 Å². The maximum Gasteiger partial charge on any atom is 0.401 e. The summed E-state index contributed by atoms with van der Waals surface area (Å²) in [5.41, 5.74) is 3.48. The number of benzene rings is 1. The third-order valence-electron chi connectivity index (χ3n) is 2.94. The third kappa shape index (κ3) is 5.08. The molecule has 0 aliphatic heterocycles. The van der Waals surface area contributed by atoms with E-state index in [2.05, 4.69) is 31.3 Å². The van der Waals surface area contributed by atoms with Crippen LogP contribution in [0.4, 0.5) is 13.2 Å². The van der Waals surface area contributed by atoms with Crippen LogP contribution in [0.2, 0.25) is 0 Å². The highest BCUT2D eigenvalue weighted by atomic mass is 19.4. The van der Waals surface area contributed by atoms with Gasteiger partial charge >= 0.3 is 6.18 Å². The van der Waals surface area contributed by atoms with Crippen molar-refractivity contribution in [2.75, 3.05) is 13.1 Å². The molecule has 1 N–H and O–H groups in total. The van der Waals surface area contributed by atoms with Gasteiger partial charge in [0, 0.05) is 0 Å². The van der Waals surface area contributed by atoms with Crippen LogP contribution < -0.4 is 5.32 Å². The summed E-state index contributed by atoms with van der Waals surface area (Å²) in [4.78, 5) is 0. The summed E-state index contributed by atoms with van der Waals surface area (Å²) in [6.07, 6.45) is -3.50. The molecule has 0 bridgehead atoms. The molecule has 4 heteroatoms. The second kappa shape index (κ2) is 6.23. The topological polar surface area (TPSA) is 12.0 Å². The maximum atomic E-state index is 12.0. The van der Waals surface area contributed by atoms with Gasteiger partial charge < -0.3 is 5.32 Å². The smallest absolute Gasteiger partial charge is 0.308 e. The van der Waals surface area contributed by atoms with Crippen LogP contribution in [0, 0.1) is 6.92 Å². The normalized spacial score (nSPS) is 12.2. The van der Waals surface area contributed by atoms with Crippen molar-refractivity contribution in [2.24, 2.45) is 0 Å². The van der Waals surface area contributed by atoms with Gasteiger partial charge in [-0.05, 0) is 42.5 Å². The Balaban J connectivity index is 2.54. The Hall–Kier alpha value is -1.03. The van der Waals surface area contributed by atoms with Crippen molar-refractivity contribution in [3.05, 3.63) is 34.9 Å². The van der Waals surface area contributed by atoms with Crippen LogP contribution in [0.3, 0.4) is 0 Å². The molecule has 102 valence electrons. The number of hydrogen-bond donors (Lipinski definition) is 1. The van der Waals surface area contributed by atoms with Crippen molar-refractivity contribution in [1.29, 1.82) is 0 Å². The van der Waals surface area contributed by atoms with Crippen LogP contribution in [0.25, 0.3) is 0 Å². The molecular formula is C14H20F3N. The van der Waals surface area contributed by atoms with Gasteiger partial charge in [-0.25, -0.2) is 0 Å². The lowest BCUT2D eigenvalue weighted by molar-refractivity contribution is -0.124. The Labute approximate surface area is 106 Å². The minimum Gasteiger partial charge on any atom is -0.308 e. The second-order valence-electron chi connectivity index (χ2n) is 4.88. The van der Waals surface area contributed by atoms with Gasteiger partial charge in [0.25, 0.3) is 0 Å². The van der Waals surface area contributed by atoms with Crippen molar-refractivity contribution in [2.45, 2.75) is 39.3 Å². The molecule has 0 saturated carbocycles. The van der Waals surface area contributed by atoms with Crippen LogP contribution in [0.5, 0.6) is 0 Å². The predicted octanol–water partition coefficient (Wildman–Crippen LogP) is 3.81. The van der Waals surface area contributed by atoms with Crippen LogP contribution in [0.1, 0.15) is 36.5 Å². The van der Waals surface area contributed by atoms with Crippen LogP contribution in [-0.4, -0.2) is 19.3 Å². The van der Waals surface area contributed by atoms with Crippen LogP contribution >= 0.6 is 0 Å². The molecule has 0 aliphatic carbocycles. The first-order chi connectivity index (χ1) is 8.29. The summed E-state index contributed by atoms with van der Waals surface area (Å²) in [7, 11) is 0. The van der Waals surface area contributed by atoms with E-state index in [9.17, 15) is 13.2 Å². The standard InChI is InChI=1S/C14H20F3N/c1-10(2)12-5-4-11(3)13(8-12)6-7-18-9-14(15,16)17/h4-5,8,10,18H,6-7,9H2,1-3H3. The Bertz CT molecular complexity index is 383. The highest BCUT2D eigenvalue weighted by Crippen LogP contribution is 2.19. The summed E-state index contributed by atoms with van der Waals surface area (Å²) >= 11 is 0. The van der Waals surface area contributed by atoms with Crippen molar-refractivity contribution in [3.8, 4) is 0 Å². The maximum absolute atomic E-state index is 12.0. The SMILES string of the molecule is Cc1ccc(C(C)C)cc1CCNCC(F)(F)F. The Morgan fingerprint density at radius 1 is 1.22 bits per heavy atom. The molecule has 0 saturated heterocycles. The van der Waals surface area contributed by atoms with Crippen molar-refractivity contribution in [3.63, 3.8) is 0 Å².